The number of aliphatic hydroxyl groups is 2. The Morgan fingerprint density at radius 2 is 1.50 bits per heavy atom. The predicted octanol–water partition coefficient (Wildman–Crippen LogP) is 8.62. The van der Waals surface area contributed by atoms with Crippen LogP contribution in [0.25, 0.3) is 5.52 Å². The molecule has 1 aliphatic rings. The molecule has 4 rings (SSSR count). The summed E-state index contributed by atoms with van der Waals surface area (Å²) in [6.45, 7) is 2.39. The third-order valence-electron chi connectivity index (χ3n) is 10.3. The van der Waals surface area contributed by atoms with Gasteiger partial charge in [-0.25, -0.2) is 9.50 Å². The lowest BCUT2D eigenvalue weighted by atomic mass is 9.92. The molecule has 0 spiro atoms. The summed E-state index contributed by atoms with van der Waals surface area (Å²) in [6, 6.07) is 15.0. The second-order valence-electron chi connectivity index (χ2n) is 14.6. The second kappa shape index (κ2) is 23.6. The number of aliphatic hydroxyl groups excluding tert-OH is 2. The molecule has 54 heavy (non-hydrogen) atoms. The Balaban J connectivity index is 1.17. The van der Waals surface area contributed by atoms with Gasteiger partial charge in [0, 0.05) is 0 Å². The predicted molar refractivity (Wildman–Crippen MR) is 215 cm³/mol. The van der Waals surface area contributed by atoms with Crippen molar-refractivity contribution in [1.29, 1.82) is 5.26 Å². The van der Waals surface area contributed by atoms with Crippen LogP contribution in [0.15, 0.2) is 48.8 Å². The highest BCUT2D eigenvalue weighted by molar-refractivity contribution is 7.88. The van der Waals surface area contributed by atoms with Crippen molar-refractivity contribution in [1.82, 2.24) is 14.6 Å². The van der Waals surface area contributed by atoms with E-state index in [-0.39, 0.29) is 30.8 Å². The van der Waals surface area contributed by atoms with Gasteiger partial charge in [0.05, 0.1) is 31.6 Å². The highest BCUT2D eigenvalue weighted by Crippen LogP contribution is 2.51. The summed E-state index contributed by atoms with van der Waals surface area (Å²) >= 11 is 0. The van der Waals surface area contributed by atoms with Crippen LogP contribution in [-0.4, -0.2) is 67.3 Å². The number of benzene rings is 1. The molecular weight excluding hydrogens is 724 g/mol. The molecule has 6 atom stereocenters. The molecule has 0 amide bonds. The van der Waals surface area contributed by atoms with Crippen molar-refractivity contribution in [2.24, 2.45) is 0 Å². The summed E-state index contributed by atoms with van der Waals surface area (Å²) in [5, 5.41) is 36.2. The van der Waals surface area contributed by atoms with Crippen molar-refractivity contribution < 1.29 is 33.6 Å². The fourth-order valence-corrected chi connectivity index (χ4v) is 8.29. The van der Waals surface area contributed by atoms with E-state index in [9.17, 15) is 20.4 Å². The summed E-state index contributed by atoms with van der Waals surface area (Å²) in [5.41, 5.74) is 5.60. The molecule has 12 nitrogen and oxygen atoms in total. The van der Waals surface area contributed by atoms with Gasteiger partial charge in [0.1, 0.15) is 36.2 Å². The molecule has 1 unspecified atom stereocenters. The van der Waals surface area contributed by atoms with E-state index in [4.69, 9.17) is 24.3 Å². The number of anilines is 1. The van der Waals surface area contributed by atoms with Crippen LogP contribution in [0, 0.1) is 11.3 Å². The zero-order valence-corrected chi connectivity index (χ0v) is 34.0. The molecule has 5 N–H and O–H groups in total. The highest BCUT2D eigenvalue weighted by atomic mass is 31.8. The van der Waals surface area contributed by atoms with Crippen molar-refractivity contribution in [2.45, 2.75) is 159 Å². The lowest BCUT2D eigenvalue weighted by Crippen LogP contribution is -2.41. The Hall–Kier alpha value is -2.42. The Kier molecular flexibility index (Phi) is 19.4. The number of fused-ring (bicyclic) bond motifs is 1. The van der Waals surface area contributed by atoms with Crippen molar-refractivity contribution >= 4 is 27.1 Å². The van der Waals surface area contributed by atoms with Crippen LogP contribution in [0.3, 0.4) is 0 Å². The van der Waals surface area contributed by atoms with E-state index in [0.29, 0.717) is 12.1 Å². The maximum atomic E-state index is 11.0. The van der Waals surface area contributed by atoms with Crippen LogP contribution < -0.4 is 5.73 Å². The van der Waals surface area contributed by atoms with Gasteiger partial charge in [-0.2, -0.15) is 10.4 Å². The highest BCUT2D eigenvalue weighted by Gasteiger charge is 2.57. The first-order valence-corrected chi connectivity index (χ1v) is 23.0. The number of rotatable bonds is 28. The minimum atomic E-state index is -3.60. The van der Waals surface area contributed by atoms with E-state index >= 15 is 0 Å². The number of unbranched alkanes of at least 4 members (excludes halogenated alkanes) is 16. The number of hydrogen-bond acceptors (Lipinski definition) is 10. The maximum absolute atomic E-state index is 11.0. The van der Waals surface area contributed by atoms with Crippen molar-refractivity contribution in [2.75, 3.05) is 18.9 Å². The molecular formula is C40H63N5O7P2. The molecule has 0 aliphatic carbocycles. The van der Waals surface area contributed by atoms with E-state index in [1.807, 2.05) is 36.4 Å². The van der Waals surface area contributed by atoms with Gasteiger partial charge in [-0.3, -0.25) is 0 Å². The van der Waals surface area contributed by atoms with Gasteiger partial charge in [0.25, 0.3) is 7.23 Å². The molecule has 1 aliphatic heterocycles. The van der Waals surface area contributed by atoms with Crippen molar-refractivity contribution in [3.8, 4) is 6.07 Å². The van der Waals surface area contributed by atoms with E-state index in [1.54, 1.807) is 6.07 Å². The van der Waals surface area contributed by atoms with Gasteiger partial charge in [-0.05, 0) is 32.6 Å². The van der Waals surface area contributed by atoms with Crippen LogP contribution in [0.5, 0.6) is 0 Å². The summed E-state index contributed by atoms with van der Waals surface area (Å²) in [6.07, 6.45) is 19.6. The van der Waals surface area contributed by atoms with E-state index in [2.05, 4.69) is 25.5 Å². The van der Waals surface area contributed by atoms with E-state index in [1.165, 1.54) is 113 Å². The molecule has 0 saturated carbocycles. The third-order valence-corrected chi connectivity index (χ3v) is 12.1. The number of nitriles is 1. The van der Waals surface area contributed by atoms with Crippen molar-refractivity contribution in [3.05, 3.63) is 60.0 Å². The molecule has 3 heterocycles. The number of aromatic nitrogens is 3. The smallest absolute Gasteiger partial charge is 0.274 e. The minimum absolute atomic E-state index is 0.0789. The van der Waals surface area contributed by atoms with Crippen LogP contribution >= 0.6 is 15.8 Å². The summed E-state index contributed by atoms with van der Waals surface area (Å²) in [5.74, 6) is 0.180. The van der Waals surface area contributed by atoms with Crippen LogP contribution in [0.1, 0.15) is 134 Å². The van der Waals surface area contributed by atoms with E-state index < -0.39 is 31.1 Å². The molecule has 0 radical (unpaired) electrons. The molecule has 1 fully saturated rings. The standard InChI is InChI=1S/C40H63N5O7P2/c1-2-3-4-5-6-7-8-9-10-11-12-13-14-15-16-17-21-24-33(49-27-32-22-19-18-20-23-32)28-50-54(48,53)51-29-35-37(46)38(47)40(30-41,52-35)36-26-25-34-39(42)43-31-44-45(34)36/h18-20,22-23,25-26,31,33,35,37-38,46-48,53H,2-17,21,24,27-29H2,1H3,(H2,42,43,44)/t33-,35-,37-,38-,40+,54?/m1/s1. The number of nitrogen functional groups attached to an aromatic ring is 1. The number of hydrogen-bond donors (Lipinski definition) is 4. The Bertz CT molecular complexity index is 1590. The first-order valence-electron chi connectivity index (χ1n) is 20.1. The maximum Gasteiger partial charge on any atom is 0.274 e. The average Bonchev–Trinajstić information content (AvgIpc) is 3.72. The summed E-state index contributed by atoms with van der Waals surface area (Å²) in [4.78, 5) is 15.0. The van der Waals surface area contributed by atoms with Crippen LogP contribution in [-0.2, 0) is 30.7 Å². The average molecular weight is 788 g/mol. The van der Waals surface area contributed by atoms with Crippen molar-refractivity contribution in [3.63, 3.8) is 0 Å². The van der Waals surface area contributed by atoms with Gasteiger partial charge in [0.15, 0.2) is 5.82 Å². The molecule has 2 aromatic heterocycles. The Morgan fingerprint density at radius 1 is 0.907 bits per heavy atom. The van der Waals surface area contributed by atoms with E-state index in [0.717, 1.165) is 24.8 Å². The van der Waals surface area contributed by atoms with Gasteiger partial charge < -0.3 is 39.4 Å². The molecule has 300 valence electrons. The lowest BCUT2D eigenvalue weighted by Gasteiger charge is -2.25. The molecule has 1 saturated heterocycles. The minimum Gasteiger partial charge on any atom is -0.387 e. The largest absolute Gasteiger partial charge is 0.387 e. The Labute approximate surface area is 324 Å². The van der Waals surface area contributed by atoms with Gasteiger partial charge in [0.2, 0.25) is 5.60 Å². The second-order valence-corrected chi connectivity index (χ2v) is 17.8. The lowest BCUT2D eigenvalue weighted by molar-refractivity contribution is -0.0637. The van der Waals surface area contributed by atoms with Crippen LogP contribution in [0.4, 0.5) is 5.82 Å². The first kappa shape index (κ1) is 44.3. The normalized spacial score (nSPS) is 21.6. The quantitative estimate of drug-likeness (QED) is 0.0409. The molecule has 14 heteroatoms. The summed E-state index contributed by atoms with van der Waals surface area (Å²) < 4.78 is 25.1. The zero-order valence-electron chi connectivity index (χ0n) is 32.1. The fourth-order valence-electron chi connectivity index (χ4n) is 7.05. The Morgan fingerprint density at radius 3 is 2.09 bits per heavy atom. The number of nitrogens with zero attached hydrogens (tertiary/aromatic N) is 4. The SMILES string of the molecule is CCCCCCCCCCCCCCCCCCC[C@H](COP(O)(=P)OC[C@H]1O[C@@](C#N)(c2ccc3c(N)ncnn23)[C@H](O)[C@@H]1O)OCc1ccccc1. The van der Waals surface area contributed by atoms with Gasteiger partial charge >= 0.3 is 0 Å². The molecule has 3 aromatic rings. The summed E-state index contributed by atoms with van der Waals surface area (Å²) in [7, 11) is -0.338. The molecule has 0 bridgehead atoms. The zero-order chi connectivity index (χ0) is 38.7. The number of nitrogens with two attached hydrogens (primary N) is 1. The fraction of sp³-hybridized carbons (Fsp3) is 0.675. The van der Waals surface area contributed by atoms with Crippen LogP contribution in [0.2, 0.25) is 0 Å². The van der Waals surface area contributed by atoms with Gasteiger partial charge in [-0.1, -0.05) is 146 Å². The third kappa shape index (κ3) is 13.7. The number of ether oxygens (including phenoxy) is 2. The van der Waals surface area contributed by atoms with Gasteiger partial charge in [-0.15, -0.1) is 0 Å². The molecule has 1 aromatic carbocycles. The topological polar surface area (TPSA) is 178 Å². The monoisotopic (exact) mass is 787 g/mol. The first-order chi connectivity index (χ1) is 26.2.